The highest BCUT2D eigenvalue weighted by Gasteiger charge is 2.03. The molecule has 0 aliphatic heterocycles. The van der Waals surface area contributed by atoms with E-state index in [1.807, 2.05) is 0 Å². The van der Waals surface area contributed by atoms with Gasteiger partial charge in [0.25, 0.3) is 0 Å². The Morgan fingerprint density at radius 3 is 2.92 bits per heavy atom. The van der Waals surface area contributed by atoms with Gasteiger partial charge in [-0.1, -0.05) is 0 Å². The molecule has 4 nitrogen and oxygen atoms in total. The Kier molecular flexibility index (Phi) is 2.74. The second-order valence-corrected chi connectivity index (χ2v) is 2.55. The van der Waals surface area contributed by atoms with Crippen molar-refractivity contribution in [3.05, 3.63) is 18.1 Å². The standard InChI is InChI=1S/C8H11NO3/c9-6-4-5-12-7(6)2-1-3-8(10)11/h4-5H,1-3,9H2,(H,10,11). The maximum atomic E-state index is 10.2. The van der Waals surface area contributed by atoms with Gasteiger partial charge in [-0.05, 0) is 12.5 Å². The lowest BCUT2D eigenvalue weighted by atomic mass is 10.2. The number of hydrogen-bond acceptors (Lipinski definition) is 3. The van der Waals surface area contributed by atoms with Crippen LogP contribution in [0.1, 0.15) is 18.6 Å². The number of carboxylic acid groups (broad SMARTS) is 1. The molecule has 0 unspecified atom stereocenters. The fourth-order valence-electron chi connectivity index (χ4n) is 0.954. The molecule has 0 atom stereocenters. The van der Waals surface area contributed by atoms with E-state index in [2.05, 4.69) is 0 Å². The molecule has 0 fully saturated rings. The molecular weight excluding hydrogens is 158 g/mol. The maximum Gasteiger partial charge on any atom is 0.303 e. The van der Waals surface area contributed by atoms with Gasteiger partial charge in [-0.25, -0.2) is 0 Å². The summed E-state index contributed by atoms with van der Waals surface area (Å²) in [7, 11) is 0. The molecule has 0 radical (unpaired) electrons. The zero-order valence-corrected chi connectivity index (χ0v) is 6.62. The van der Waals surface area contributed by atoms with Crippen molar-refractivity contribution in [1.29, 1.82) is 0 Å². The number of aryl methyl sites for hydroxylation is 1. The van der Waals surface area contributed by atoms with Crippen molar-refractivity contribution >= 4 is 11.7 Å². The highest BCUT2D eigenvalue weighted by Crippen LogP contribution is 2.14. The summed E-state index contributed by atoms with van der Waals surface area (Å²) in [5.41, 5.74) is 6.11. The Hall–Kier alpha value is -1.45. The molecule has 0 aromatic carbocycles. The first-order valence-electron chi connectivity index (χ1n) is 3.74. The number of hydrogen-bond donors (Lipinski definition) is 2. The lowest BCUT2D eigenvalue weighted by Gasteiger charge is -1.95. The number of anilines is 1. The first-order valence-corrected chi connectivity index (χ1v) is 3.74. The number of carbonyl (C=O) groups is 1. The molecule has 4 heteroatoms. The van der Waals surface area contributed by atoms with Crippen molar-refractivity contribution in [2.45, 2.75) is 19.3 Å². The average molecular weight is 169 g/mol. The molecule has 66 valence electrons. The SMILES string of the molecule is Nc1ccoc1CCCC(=O)O. The zero-order valence-electron chi connectivity index (χ0n) is 6.62. The molecular formula is C8H11NO3. The minimum absolute atomic E-state index is 0.153. The molecule has 1 rings (SSSR count). The van der Waals surface area contributed by atoms with Crippen molar-refractivity contribution in [2.24, 2.45) is 0 Å². The quantitative estimate of drug-likeness (QED) is 0.711. The van der Waals surface area contributed by atoms with Crippen molar-refractivity contribution in [3.63, 3.8) is 0 Å². The Morgan fingerprint density at radius 1 is 1.67 bits per heavy atom. The zero-order chi connectivity index (χ0) is 8.97. The molecule has 3 N–H and O–H groups in total. The third-order valence-corrected chi connectivity index (χ3v) is 1.57. The van der Waals surface area contributed by atoms with Gasteiger partial charge in [0.05, 0.1) is 12.0 Å². The van der Waals surface area contributed by atoms with Gasteiger partial charge < -0.3 is 15.3 Å². The van der Waals surface area contributed by atoms with E-state index in [-0.39, 0.29) is 6.42 Å². The molecule has 0 amide bonds. The van der Waals surface area contributed by atoms with Crippen LogP contribution in [0.15, 0.2) is 16.7 Å². The Labute approximate surface area is 70.0 Å². The second kappa shape index (κ2) is 3.80. The monoisotopic (exact) mass is 169 g/mol. The largest absolute Gasteiger partial charge is 0.481 e. The van der Waals surface area contributed by atoms with Gasteiger partial charge in [-0.3, -0.25) is 4.79 Å². The topological polar surface area (TPSA) is 76.5 Å². The summed E-state index contributed by atoms with van der Waals surface area (Å²) in [6.07, 6.45) is 2.81. The van der Waals surface area contributed by atoms with E-state index in [4.69, 9.17) is 15.3 Å². The summed E-state index contributed by atoms with van der Waals surface area (Å²) < 4.78 is 5.03. The molecule has 0 saturated heterocycles. The van der Waals surface area contributed by atoms with Crippen LogP contribution >= 0.6 is 0 Å². The smallest absolute Gasteiger partial charge is 0.303 e. The number of nitrogens with two attached hydrogens (primary N) is 1. The molecule has 0 spiro atoms. The van der Waals surface area contributed by atoms with E-state index < -0.39 is 5.97 Å². The second-order valence-electron chi connectivity index (χ2n) is 2.55. The van der Waals surface area contributed by atoms with Crippen molar-refractivity contribution in [3.8, 4) is 0 Å². The van der Waals surface area contributed by atoms with E-state index >= 15 is 0 Å². The number of carboxylic acids is 1. The lowest BCUT2D eigenvalue weighted by Crippen LogP contribution is -1.96. The van der Waals surface area contributed by atoms with Crippen molar-refractivity contribution < 1.29 is 14.3 Å². The number of aliphatic carboxylic acids is 1. The minimum atomic E-state index is -0.792. The first kappa shape index (κ1) is 8.64. The van der Waals surface area contributed by atoms with Crippen LogP contribution in [0, 0.1) is 0 Å². The summed E-state index contributed by atoms with van der Waals surface area (Å²) in [4.78, 5) is 10.2. The summed E-state index contributed by atoms with van der Waals surface area (Å²) in [6.45, 7) is 0. The van der Waals surface area contributed by atoms with Gasteiger partial charge in [0.1, 0.15) is 5.76 Å². The Bertz CT molecular complexity index is 267. The summed E-state index contributed by atoms with van der Waals surface area (Å²) in [5.74, 6) is -0.114. The van der Waals surface area contributed by atoms with Crippen molar-refractivity contribution in [1.82, 2.24) is 0 Å². The molecule has 12 heavy (non-hydrogen) atoms. The number of furan rings is 1. The molecule has 1 aromatic heterocycles. The molecule has 0 saturated carbocycles. The normalized spacial score (nSPS) is 10.0. The van der Waals surface area contributed by atoms with E-state index in [1.54, 1.807) is 6.07 Å². The van der Waals surface area contributed by atoms with Crippen LogP contribution in [0.3, 0.4) is 0 Å². The van der Waals surface area contributed by atoms with Crippen LogP contribution in [0.25, 0.3) is 0 Å². The Balaban J connectivity index is 2.33. The van der Waals surface area contributed by atoms with Crippen LogP contribution in [-0.4, -0.2) is 11.1 Å². The highest BCUT2D eigenvalue weighted by atomic mass is 16.4. The molecule has 1 heterocycles. The summed E-state index contributed by atoms with van der Waals surface area (Å²) in [5, 5.41) is 8.35. The average Bonchev–Trinajstić information content (AvgIpc) is 2.36. The van der Waals surface area contributed by atoms with Crippen LogP contribution in [0.4, 0.5) is 5.69 Å². The van der Waals surface area contributed by atoms with Gasteiger partial charge in [0.15, 0.2) is 0 Å². The maximum absolute atomic E-state index is 10.2. The van der Waals surface area contributed by atoms with Gasteiger partial charge in [-0.15, -0.1) is 0 Å². The molecule has 1 aromatic rings. The predicted molar refractivity (Wildman–Crippen MR) is 43.7 cm³/mol. The van der Waals surface area contributed by atoms with E-state index in [1.165, 1.54) is 6.26 Å². The number of nitrogen functional groups attached to an aromatic ring is 1. The first-order chi connectivity index (χ1) is 5.70. The third-order valence-electron chi connectivity index (χ3n) is 1.57. The fourth-order valence-corrected chi connectivity index (χ4v) is 0.954. The fraction of sp³-hybridized carbons (Fsp3) is 0.375. The van der Waals surface area contributed by atoms with E-state index in [9.17, 15) is 4.79 Å². The van der Waals surface area contributed by atoms with E-state index in [0.717, 1.165) is 0 Å². The molecule has 0 bridgehead atoms. The van der Waals surface area contributed by atoms with Crippen LogP contribution in [0.5, 0.6) is 0 Å². The minimum Gasteiger partial charge on any atom is -0.481 e. The van der Waals surface area contributed by atoms with Gasteiger partial charge in [0, 0.05) is 12.8 Å². The van der Waals surface area contributed by atoms with Crippen molar-refractivity contribution in [2.75, 3.05) is 5.73 Å². The predicted octanol–water partition coefficient (Wildman–Crippen LogP) is 1.27. The highest BCUT2D eigenvalue weighted by molar-refractivity contribution is 5.66. The molecule has 0 aliphatic carbocycles. The van der Waals surface area contributed by atoms with Crippen LogP contribution in [0.2, 0.25) is 0 Å². The van der Waals surface area contributed by atoms with Gasteiger partial charge in [0.2, 0.25) is 0 Å². The van der Waals surface area contributed by atoms with Gasteiger partial charge >= 0.3 is 5.97 Å². The summed E-state index contributed by atoms with van der Waals surface area (Å²) in [6, 6.07) is 1.66. The summed E-state index contributed by atoms with van der Waals surface area (Å²) >= 11 is 0. The van der Waals surface area contributed by atoms with E-state index in [0.29, 0.717) is 24.3 Å². The lowest BCUT2D eigenvalue weighted by molar-refractivity contribution is -0.137. The Morgan fingerprint density at radius 2 is 2.42 bits per heavy atom. The number of rotatable bonds is 4. The van der Waals surface area contributed by atoms with Crippen LogP contribution in [-0.2, 0) is 11.2 Å². The molecule has 0 aliphatic rings. The van der Waals surface area contributed by atoms with Gasteiger partial charge in [-0.2, -0.15) is 0 Å². The van der Waals surface area contributed by atoms with Crippen LogP contribution < -0.4 is 5.73 Å². The third kappa shape index (κ3) is 2.30.